The van der Waals surface area contributed by atoms with Crippen molar-refractivity contribution in [2.45, 2.75) is 19.0 Å². The highest BCUT2D eigenvalue weighted by molar-refractivity contribution is 7.98. The Balaban J connectivity index is 0.000000196. The number of methoxy groups -OCH3 is 2. The van der Waals surface area contributed by atoms with Gasteiger partial charge in [0.2, 0.25) is 0 Å². The van der Waals surface area contributed by atoms with Crippen molar-refractivity contribution in [2.24, 2.45) is 0 Å². The molecule has 2 aromatic heterocycles. The average Bonchev–Trinajstić information content (AvgIpc) is 2.88. The number of nitrogens with zero attached hydrogens (tertiary/aromatic N) is 1. The standard InChI is InChI=1S/C13H14N2O2S.C12H12N2O2S/c1-8-11(14-13(18-3)15-12(8)16)9-4-6-10(17-2)7-5-9;1-7-10(13-12(17)14-11(7)15)8-3-5-9(16-2)6-4-8/h4-7H,1-3H3,(H,14,15,16);3-6H,1-2H3,(H2,13,14,15,17). The molecule has 0 unspecified atom stereocenters. The van der Waals surface area contributed by atoms with E-state index in [1.54, 1.807) is 28.1 Å². The van der Waals surface area contributed by atoms with E-state index in [9.17, 15) is 9.59 Å². The molecule has 182 valence electrons. The molecule has 0 saturated carbocycles. The molecule has 0 bridgehead atoms. The number of benzene rings is 2. The molecule has 0 aliphatic carbocycles. The minimum Gasteiger partial charge on any atom is -0.497 e. The fraction of sp³-hybridized carbons (Fsp3) is 0.200. The molecule has 0 fully saturated rings. The van der Waals surface area contributed by atoms with Gasteiger partial charge in [-0.15, -0.1) is 0 Å². The Hall–Kier alpha value is -3.63. The summed E-state index contributed by atoms with van der Waals surface area (Å²) in [5.41, 5.74) is 4.24. The Morgan fingerprint density at radius 1 is 0.771 bits per heavy atom. The normalized spacial score (nSPS) is 10.3. The molecule has 35 heavy (non-hydrogen) atoms. The van der Waals surface area contributed by atoms with E-state index in [0.29, 0.717) is 26.7 Å². The first kappa shape index (κ1) is 26.0. The third-order valence-electron chi connectivity index (χ3n) is 5.25. The first-order valence-corrected chi connectivity index (χ1v) is 12.2. The van der Waals surface area contributed by atoms with E-state index in [1.807, 2.05) is 54.8 Å². The van der Waals surface area contributed by atoms with Crippen molar-refractivity contribution >= 4 is 24.0 Å². The maximum Gasteiger partial charge on any atom is 0.255 e. The molecule has 0 aliphatic heterocycles. The number of H-pyrrole nitrogens is 3. The topological polar surface area (TPSA) is 113 Å². The molecule has 0 radical (unpaired) electrons. The average molecular weight is 511 g/mol. The maximum absolute atomic E-state index is 11.8. The highest BCUT2D eigenvalue weighted by atomic mass is 32.2. The van der Waals surface area contributed by atoms with Crippen molar-refractivity contribution in [3.8, 4) is 34.0 Å². The Labute approximate surface area is 211 Å². The van der Waals surface area contributed by atoms with Crippen molar-refractivity contribution in [2.75, 3.05) is 20.5 Å². The van der Waals surface area contributed by atoms with Crippen molar-refractivity contribution in [1.29, 1.82) is 0 Å². The molecule has 2 aromatic carbocycles. The van der Waals surface area contributed by atoms with Gasteiger partial charge >= 0.3 is 0 Å². The van der Waals surface area contributed by atoms with E-state index in [1.165, 1.54) is 11.8 Å². The second-order valence-electron chi connectivity index (χ2n) is 7.41. The highest BCUT2D eigenvalue weighted by Gasteiger charge is 2.09. The van der Waals surface area contributed by atoms with Crippen molar-refractivity contribution in [3.05, 3.63) is 85.1 Å². The van der Waals surface area contributed by atoms with Crippen LogP contribution in [0.3, 0.4) is 0 Å². The van der Waals surface area contributed by atoms with Gasteiger partial charge in [0.05, 0.1) is 25.6 Å². The molecule has 4 rings (SSSR count). The molecule has 0 amide bonds. The number of rotatable bonds is 5. The molecule has 8 nitrogen and oxygen atoms in total. The number of hydrogen-bond acceptors (Lipinski definition) is 7. The van der Waals surface area contributed by atoms with Crippen LogP contribution in [0.1, 0.15) is 11.1 Å². The molecule has 2 heterocycles. The zero-order chi connectivity index (χ0) is 25.5. The molecule has 0 spiro atoms. The van der Waals surface area contributed by atoms with Crippen molar-refractivity contribution in [1.82, 2.24) is 19.9 Å². The monoisotopic (exact) mass is 510 g/mol. The molecular weight excluding hydrogens is 484 g/mol. The van der Waals surface area contributed by atoms with Gasteiger partial charge in [0.15, 0.2) is 9.93 Å². The molecule has 0 atom stereocenters. The number of aromatic nitrogens is 4. The summed E-state index contributed by atoms with van der Waals surface area (Å²) in [5, 5.41) is 0.622. The van der Waals surface area contributed by atoms with E-state index < -0.39 is 0 Å². The first-order valence-electron chi connectivity index (χ1n) is 10.5. The van der Waals surface area contributed by atoms with Gasteiger partial charge in [0, 0.05) is 16.7 Å². The van der Waals surface area contributed by atoms with Gasteiger partial charge in [-0.3, -0.25) is 14.6 Å². The van der Waals surface area contributed by atoms with Gasteiger partial charge in [-0.25, -0.2) is 4.98 Å². The van der Waals surface area contributed by atoms with Crippen LogP contribution in [0.5, 0.6) is 11.5 Å². The van der Waals surface area contributed by atoms with Gasteiger partial charge in [-0.1, -0.05) is 11.8 Å². The lowest BCUT2D eigenvalue weighted by Crippen LogP contribution is -2.13. The lowest BCUT2D eigenvalue weighted by Gasteiger charge is -2.07. The molecule has 0 saturated heterocycles. The SMILES string of the molecule is COc1ccc(-c2[nH]c(=S)[nH]c(=O)c2C)cc1.COc1ccc(-c2nc(SC)[nH]c(=O)c2C)cc1. The van der Waals surface area contributed by atoms with E-state index in [2.05, 4.69) is 19.9 Å². The number of hydrogen-bond donors (Lipinski definition) is 3. The predicted octanol–water partition coefficient (Wildman–Crippen LogP) is 4.89. The minimum absolute atomic E-state index is 0.0971. The lowest BCUT2D eigenvalue weighted by atomic mass is 10.1. The summed E-state index contributed by atoms with van der Waals surface area (Å²) >= 11 is 6.38. The van der Waals surface area contributed by atoms with E-state index in [0.717, 1.165) is 28.3 Å². The summed E-state index contributed by atoms with van der Waals surface area (Å²) in [5.74, 6) is 1.56. The largest absolute Gasteiger partial charge is 0.497 e. The van der Waals surface area contributed by atoms with Crippen molar-refractivity contribution in [3.63, 3.8) is 0 Å². The molecule has 0 aliphatic rings. The first-order chi connectivity index (χ1) is 16.8. The van der Waals surface area contributed by atoms with Gasteiger partial charge < -0.3 is 19.4 Å². The smallest absolute Gasteiger partial charge is 0.255 e. The van der Waals surface area contributed by atoms with Crippen LogP contribution in [0.15, 0.2) is 63.3 Å². The minimum atomic E-state index is -0.167. The van der Waals surface area contributed by atoms with Crippen LogP contribution >= 0.6 is 24.0 Å². The predicted molar refractivity (Wildman–Crippen MR) is 142 cm³/mol. The van der Waals surface area contributed by atoms with Crippen LogP contribution < -0.4 is 20.6 Å². The summed E-state index contributed by atoms with van der Waals surface area (Å²) < 4.78 is 10.5. The van der Waals surface area contributed by atoms with Gasteiger partial charge in [0.1, 0.15) is 11.5 Å². The van der Waals surface area contributed by atoms with Gasteiger partial charge in [-0.2, -0.15) is 0 Å². The molecule has 4 aromatic rings. The van der Waals surface area contributed by atoms with Crippen LogP contribution in [0.4, 0.5) is 0 Å². The Kier molecular flexibility index (Phi) is 8.67. The number of nitrogens with one attached hydrogen (secondary N) is 3. The van der Waals surface area contributed by atoms with E-state index >= 15 is 0 Å². The fourth-order valence-electron chi connectivity index (χ4n) is 3.23. The number of ether oxygens (including phenoxy) is 2. The number of aromatic amines is 3. The second kappa shape index (κ2) is 11.7. The number of thioether (sulfide) groups is 1. The summed E-state index contributed by atoms with van der Waals surface area (Å²) in [6, 6.07) is 15.0. The van der Waals surface area contributed by atoms with Gasteiger partial charge in [-0.05, 0) is 86.4 Å². The molecule has 10 heteroatoms. The van der Waals surface area contributed by atoms with Crippen molar-refractivity contribution < 1.29 is 9.47 Å². The van der Waals surface area contributed by atoms with Crippen LogP contribution in [0, 0.1) is 18.6 Å². The summed E-state index contributed by atoms with van der Waals surface area (Å²) in [6.07, 6.45) is 1.88. The second-order valence-corrected chi connectivity index (χ2v) is 8.62. The van der Waals surface area contributed by atoms with Crippen LogP contribution in [0.2, 0.25) is 0 Å². The van der Waals surface area contributed by atoms with Gasteiger partial charge in [0.25, 0.3) is 11.1 Å². The summed E-state index contributed by atoms with van der Waals surface area (Å²) in [4.78, 5) is 36.1. The van der Waals surface area contributed by atoms with E-state index in [4.69, 9.17) is 21.7 Å². The van der Waals surface area contributed by atoms with Crippen LogP contribution in [0.25, 0.3) is 22.5 Å². The third kappa shape index (κ3) is 6.28. The third-order valence-corrected chi connectivity index (χ3v) is 6.03. The molecular formula is C25H26N4O4S2. The Bertz CT molecular complexity index is 1470. The molecule has 3 N–H and O–H groups in total. The Morgan fingerprint density at radius 3 is 1.80 bits per heavy atom. The summed E-state index contributed by atoms with van der Waals surface area (Å²) in [6.45, 7) is 3.53. The quantitative estimate of drug-likeness (QED) is 0.199. The van der Waals surface area contributed by atoms with E-state index in [-0.39, 0.29) is 11.1 Å². The zero-order valence-electron chi connectivity index (χ0n) is 20.0. The Morgan fingerprint density at radius 2 is 1.29 bits per heavy atom. The maximum atomic E-state index is 11.8. The lowest BCUT2D eigenvalue weighted by molar-refractivity contribution is 0.415. The zero-order valence-corrected chi connectivity index (χ0v) is 21.6. The van der Waals surface area contributed by atoms with Crippen LogP contribution in [-0.4, -0.2) is 40.4 Å². The van der Waals surface area contributed by atoms with Crippen LogP contribution in [-0.2, 0) is 0 Å². The summed E-state index contributed by atoms with van der Waals surface area (Å²) in [7, 11) is 3.23. The fourth-order valence-corrected chi connectivity index (χ4v) is 3.81. The highest BCUT2D eigenvalue weighted by Crippen LogP contribution is 2.23.